The maximum Gasteiger partial charge on any atom is 0.238 e. The normalized spacial score (nSPS) is 25.2. The molecule has 5 nitrogen and oxygen atoms in total. The van der Waals surface area contributed by atoms with Crippen LogP contribution >= 0.6 is 0 Å². The molecule has 2 aliphatic rings. The van der Waals surface area contributed by atoms with Gasteiger partial charge in [-0.2, -0.15) is 0 Å². The van der Waals surface area contributed by atoms with Crippen molar-refractivity contribution in [1.82, 2.24) is 4.31 Å². The molecule has 1 spiro atoms. The number of rotatable bonds is 4. The zero-order valence-electron chi connectivity index (χ0n) is 13.1. The maximum absolute atomic E-state index is 12.8. The van der Waals surface area contributed by atoms with Crippen LogP contribution in [0.5, 0.6) is 0 Å². The highest BCUT2D eigenvalue weighted by atomic mass is 32.2. The predicted octanol–water partition coefficient (Wildman–Crippen LogP) is 1.74. The lowest BCUT2D eigenvalue weighted by molar-refractivity contribution is -0.122. The minimum absolute atomic E-state index is 0.0156. The number of nitrogens with zero attached hydrogens (tertiary/aromatic N) is 2. The first kappa shape index (κ1) is 15.5. The molecule has 1 aromatic carbocycles. The molecule has 1 atom stereocenters. The molecular weight excluding hydrogens is 300 g/mol. The van der Waals surface area contributed by atoms with Gasteiger partial charge in [0, 0.05) is 25.8 Å². The number of unbranched alkanes of at least 4 members (excludes halogenated alkanes) is 1. The summed E-state index contributed by atoms with van der Waals surface area (Å²) in [5.74, 6) is 0.188. The van der Waals surface area contributed by atoms with Crippen molar-refractivity contribution < 1.29 is 13.2 Å². The van der Waals surface area contributed by atoms with Crippen molar-refractivity contribution in [1.29, 1.82) is 0 Å². The molecule has 0 aromatic heterocycles. The summed E-state index contributed by atoms with van der Waals surface area (Å²) in [6.45, 7) is 2.69. The average molecular weight is 322 g/mol. The Morgan fingerprint density at radius 3 is 2.73 bits per heavy atom. The van der Waals surface area contributed by atoms with E-state index in [0.29, 0.717) is 19.4 Å². The quantitative estimate of drug-likeness (QED) is 0.848. The topological polar surface area (TPSA) is 57.7 Å². The fourth-order valence-corrected chi connectivity index (χ4v) is 5.28. The molecule has 1 aromatic rings. The summed E-state index contributed by atoms with van der Waals surface area (Å²) in [7, 11) is -1.50. The fraction of sp³-hybridized carbons (Fsp3) is 0.562. The summed E-state index contributed by atoms with van der Waals surface area (Å²) in [5.41, 5.74) is 1.18. The maximum atomic E-state index is 12.8. The Hall–Kier alpha value is -1.40. The third-order valence-electron chi connectivity index (χ3n) is 4.88. The second kappa shape index (κ2) is 5.35. The number of hydrogen-bond acceptors (Lipinski definition) is 3. The van der Waals surface area contributed by atoms with Gasteiger partial charge in [0.25, 0.3) is 0 Å². The smallest absolute Gasteiger partial charge is 0.238 e. The Balaban J connectivity index is 1.93. The van der Waals surface area contributed by atoms with Crippen molar-refractivity contribution in [3.05, 3.63) is 29.8 Å². The molecule has 2 heterocycles. The van der Waals surface area contributed by atoms with E-state index in [1.54, 1.807) is 11.9 Å². The molecule has 0 N–H and O–H groups in total. The third kappa shape index (κ3) is 2.16. The highest BCUT2D eigenvalue weighted by molar-refractivity contribution is 7.89. The molecule has 0 bridgehead atoms. The van der Waals surface area contributed by atoms with E-state index in [2.05, 4.69) is 0 Å². The predicted molar refractivity (Wildman–Crippen MR) is 86.4 cm³/mol. The van der Waals surface area contributed by atoms with Crippen molar-refractivity contribution in [3.8, 4) is 0 Å². The lowest BCUT2D eigenvalue weighted by Crippen LogP contribution is -2.42. The van der Waals surface area contributed by atoms with E-state index in [1.807, 2.05) is 31.2 Å². The number of anilines is 1. The second-order valence-electron chi connectivity index (χ2n) is 6.22. The molecule has 3 rings (SSSR count). The summed E-state index contributed by atoms with van der Waals surface area (Å²) >= 11 is 0. The number of amides is 1. The van der Waals surface area contributed by atoms with Gasteiger partial charge in [0.2, 0.25) is 15.9 Å². The molecule has 0 radical (unpaired) electrons. The van der Waals surface area contributed by atoms with E-state index in [-0.39, 0.29) is 18.2 Å². The molecule has 6 heteroatoms. The van der Waals surface area contributed by atoms with Crippen molar-refractivity contribution in [3.63, 3.8) is 0 Å². The molecule has 0 unspecified atom stereocenters. The standard InChI is InChI=1S/C16H22N2O3S/c1-3-4-11-22(20,21)18-10-9-16(12-18)13-7-5-6-8-14(13)17(2)15(16)19/h5-8H,3-4,9-12H2,1-2H3/t16-/m1/s1. The van der Waals surface area contributed by atoms with Gasteiger partial charge in [-0.1, -0.05) is 31.5 Å². The summed E-state index contributed by atoms with van der Waals surface area (Å²) in [5, 5.41) is 0. The second-order valence-corrected chi connectivity index (χ2v) is 8.31. The van der Waals surface area contributed by atoms with Crippen LogP contribution in [0.4, 0.5) is 5.69 Å². The summed E-state index contributed by atoms with van der Waals surface area (Å²) in [6.07, 6.45) is 2.08. The van der Waals surface area contributed by atoms with Crippen LogP contribution in [0, 0.1) is 0 Å². The van der Waals surface area contributed by atoms with Crippen LogP contribution in [-0.4, -0.2) is 44.5 Å². The van der Waals surface area contributed by atoms with E-state index in [4.69, 9.17) is 0 Å². The minimum Gasteiger partial charge on any atom is -0.314 e. The number of hydrogen-bond donors (Lipinski definition) is 0. The number of carbonyl (C=O) groups is 1. The minimum atomic E-state index is -3.27. The van der Waals surface area contributed by atoms with Gasteiger partial charge in [-0.25, -0.2) is 12.7 Å². The van der Waals surface area contributed by atoms with Gasteiger partial charge < -0.3 is 4.90 Å². The molecule has 22 heavy (non-hydrogen) atoms. The van der Waals surface area contributed by atoms with E-state index in [0.717, 1.165) is 17.7 Å². The summed E-state index contributed by atoms with van der Waals surface area (Å²) < 4.78 is 26.4. The Labute approximate surface area is 132 Å². The van der Waals surface area contributed by atoms with Crippen LogP contribution in [-0.2, 0) is 20.2 Å². The third-order valence-corrected chi connectivity index (χ3v) is 6.78. The fourth-order valence-electron chi connectivity index (χ4n) is 3.58. The number of benzene rings is 1. The Morgan fingerprint density at radius 1 is 1.27 bits per heavy atom. The van der Waals surface area contributed by atoms with Crippen molar-refractivity contribution in [2.45, 2.75) is 31.6 Å². The van der Waals surface area contributed by atoms with E-state index >= 15 is 0 Å². The molecule has 1 fully saturated rings. The van der Waals surface area contributed by atoms with Crippen molar-refractivity contribution in [2.24, 2.45) is 0 Å². The lowest BCUT2D eigenvalue weighted by Gasteiger charge is -2.23. The van der Waals surface area contributed by atoms with E-state index in [9.17, 15) is 13.2 Å². The first-order valence-electron chi connectivity index (χ1n) is 7.78. The number of sulfonamides is 1. The molecule has 120 valence electrons. The largest absolute Gasteiger partial charge is 0.314 e. The molecule has 1 saturated heterocycles. The molecule has 0 aliphatic carbocycles. The van der Waals surface area contributed by atoms with Crippen molar-refractivity contribution >= 4 is 21.6 Å². The van der Waals surface area contributed by atoms with Gasteiger partial charge in [-0.05, 0) is 24.5 Å². The number of likely N-dealkylation sites (N-methyl/N-ethyl adjacent to an activating group) is 1. The highest BCUT2D eigenvalue weighted by Crippen LogP contribution is 2.47. The first-order valence-corrected chi connectivity index (χ1v) is 9.39. The summed E-state index contributed by atoms with van der Waals surface area (Å²) in [4.78, 5) is 14.4. The molecular formula is C16H22N2O3S. The highest BCUT2D eigenvalue weighted by Gasteiger charge is 2.55. The van der Waals surface area contributed by atoms with Crippen LogP contribution in [0.1, 0.15) is 31.7 Å². The van der Waals surface area contributed by atoms with Crippen LogP contribution in [0.15, 0.2) is 24.3 Å². The molecule has 1 amide bonds. The zero-order valence-corrected chi connectivity index (χ0v) is 13.9. The SMILES string of the molecule is CCCCS(=O)(=O)N1CC[C@]2(C1)C(=O)N(C)c1ccccc12. The Bertz CT molecular complexity index is 701. The number of carbonyl (C=O) groups excluding carboxylic acids is 1. The van der Waals surface area contributed by atoms with Gasteiger partial charge in [0.1, 0.15) is 0 Å². The Morgan fingerprint density at radius 2 is 2.00 bits per heavy atom. The van der Waals surface area contributed by atoms with Gasteiger partial charge in [0.05, 0.1) is 11.2 Å². The molecule has 0 saturated carbocycles. The first-order chi connectivity index (χ1) is 10.4. The zero-order chi connectivity index (χ0) is 16.0. The van der Waals surface area contributed by atoms with Crippen LogP contribution < -0.4 is 4.90 Å². The van der Waals surface area contributed by atoms with Crippen LogP contribution in [0.25, 0.3) is 0 Å². The summed E-state index contributed by atoms with van der Waals surface area (Å²) in [6, 6.07) is 7.71. The van der Waals surface area contributed by atoms with Crippen LogP contribution in [0.2, 0.25) is 0 Å². The van der Waals surface area contributed by atoms with E-state index < -0.39 is 15.4 Å². The van der Waals surface area contributed by atoms with Gasteiger partial charge in [-0.3, -0.25) is 4.79 Å². The van der Waals surface area contributed by atoms with Gasteiger partial charge in [0.15, 0.2) is 0 Å². The van der Waals surface area contributed by atoms with Gasteiger partial charge >= 0.3 is 0 Å². The molecule has 2 aliphatic heterocycles. The van der Waals surface area contributed by atoms with E-state index in [1.165, 1.54) is 4.31 Å². The number of para-hydroxylation sites is 1. The Kier molecular flexibility index (Phi) is 3.77. The van der Waals surface area contributed by atoms with Crippen LogP contribution in [0.3, 0.4) is 0 Å². The monoisotopic (exact) mass is 322 g/mol. The lowest BCUT2D eigenvalue weighted by atomic mass is 9.81. The average Bonchev–Trinajstić information content (AvgIpc) is 3.05. The van der Waals surface area contributed by atoms with Crippen molar-refractivity contribution in [2.75, 3.05) is 30.8 Å². The van der Waals surface area contributed by atoms with Gasteiger partial charge in [-0.15, -0.1) is 0 Å². The number of fused-ring (bicyclic) bond motifs is 2.